The van der Waals surface area contributed by atoms with Gasteiger partial charge >= 0.3 is 0 Å². The molecule has 1 heterocycles. The van der Waals surface area contributed by atoms with Gasteiger partial charge < -0.3 is 0 Å². The lowest BCUT2D eigenvalue weighted by Gasteiger charge is -2.29. The number of imide groups is 1. The molecule has 0 radical (unpaired) electrons. The highest BCUT2D eigenvalue weighted by atomic mass is 16.6. The standard InChI is InChI=1S/C23H15N3O6/c27-20(15-7-2-1-3-8-15)14-24(21(28)16-9-6-10-17(13-16)26(31)32)25-22(29)18-11-4-5-12-19(18)23(25)30/h1-13H,14H2. The highest BCUT2D eigenvalue weighted by molar-refractivity contribution is 6.22. The molecule has 0 aliphatic carbocycles. The van der Waals surface area contributed by atoms with E-state index in [1.165, 1.54) is 30.3 Å². The number of benzene rings is 3. The van der Waals surface area contributed by atoms with Crippen LogP contribution < -0.4 is 0 Å². The van der Waals surface area contributed by atoms with Crippen molar-refractivity contribution in [3.05, 3.63) is 111 Å². The Morgan fingerprint density at radius 1 is 0.812 bits per heavy atom. The molecule has 0 bridgehead atoms. The van der Waals surface area contributed by atoms with E-state index >= 15 is 0 Å². The van der Waals surface area contributed by atoms with E-state index < -0.39 is 35.0 Å². The van der Waals surface area contributed by atoms with Crippen LogP contribution in [0.25, 0.3) is 0 Å². The molecule has 4 rings (SSSR count). The van der Waals surface area contributed by atoms with Gasteiger partial charge in [0, 0.05) is 23.3 Å². The van der Waals surface area contributed by atoms with E-state index in [4.69, 9.17) is 0 Å². The quantitative estimate of drug-likeness (QED) is 0.257. The fourth-order valence-electron chi connectivity index (χ4n) is 3.38. The summed E-state index contributed by atoms with van der Waals surface area (Å²) in [5.74, 6) is -2.93. The summed E-state index contributed by atoms with van der Waals surface area (Å²) in [5, 5.41) is 12.5. The summed E-state index contributed by atoms with van der Waals surface area (Å²) in [5.41, 5.74) is -0.00637. The van der Waals surface area contributed by atoms with Gasteiger partial charge in [0.15, 0.2) is 5.78 Å². The number of ketones is 1. The third-order valence-electron chi connectivity index (χ3n) is 4.94. The average Bonchev–Trinajstić information content (AvgIpc) is 3.07. The number of non-ortho nitro benzene ring substituents is 1. The summed E-state index contributed by atoms with van der Waals surface area (Å²) in [6, 6.07) is 19.0. The SMILES string of the molecule is O=C(CN(C(=O)c1cccc([N+](=O)[O-])c1)N1C(=O)c2ccccc2C1=O)c1ccccc1. The van der Waals surface area contributed by atoms with Crippen LogP contribution in [0, 0.1) is 10.1 Å². The van der Waals surface area contributed by atoms with Gasteiger partial charge in [-0.15, -0.1) is 0 Å². The van der Waals surface area contributed by atoms with Crippen molar-refractivity contribution in [3.63, 3.8) is 0 Å². The Labute approximate surface area is 181 Å². The number of fused-ring (bicyclic) bond motifs is 1. The predicted octanol–water partition coefficient (Wildman–Crippen LogP) is 3.13. The third kappa shape index (κ3) is 3.63. The minimum Gasteiger partial charge on any atom is -0.292 e. The first-order valence-electron chi connectivity index (χ1n) is 9.51. The molecule has 0 saturated carbocycles. The minimum atomic E-state index is -0.896. The topological polar surface area (TPSA) is 118 Å². The van der Waals surface area contributed by atoms with Crippen molar-refractivity contribution in [1.82, 2.24) is 10.0 Å². The van der Waals surface area contributed by atoms with Crippen molar-refractivity contribution in [1.29, 1.82) is 0 Å². The number of nitrogens with zero attached hydrogens (tertiary/aromatic N) is 3. The molecule has 0 N–H and O–H groups in total. The van der Waals surface area contributed by atoms with Gasteiger partial charge in [-0.1, -0.05) is 48.5 Å². The Balaban J connectivity index is 1.75. The first-order chi connectivity index (χ1) is 15.4. The molecule has 158 valence electrons. The molecule has 0 saturated heterocycles. The van der Waals surface area contributed by atoms with Gasteiger partial charge in [-0.3, -0.25) is 29.3 Å². The minimum absolute atomic E-state index is 0.0986. The molecule has 0 atom stereocenters. The van der Waals surface area contributed by atoms with E-state index in [9.17, 15) is 29.3 Å². The number of hydrazine groups is 1. The molecule has 9 nitrogen and oxygen atoms in total. The second-order valence-corrected chi connectivity index (χ2v) is 6.93. The van der Waals surface area contributed by atoms with Crippen molar-refractivity contribution in [2.75, 3.05) is 6.54 Å². The van der Waals surface area contributed by atoms with E-state index in [-0.39, 0.29) is 27.9 Å². The Bertz CT molecular complexity index is 1240. The molecule has 0 fully saturated rings. The highest BCUT2D eigenvalue weighted by Gasteiger charge is 2.42. The second-order valence-electron chi connectivity index (χ2n) is 6.93. The number of hydrogen-bond donors (Lipinski definition) is 0. The summed E-state index contributed by atoms with van der Waals surface area (Å²) in [6.45, 7) is -0.614. The second kappa shape index (κ2) is 8.23. The summed E-state index contributed by atoms with van der Waals surface area (Å²) < 4.78 is 0. The third-order valence-corrected chi connectivity index (χ3v) is 4.94. The number of nitro groups is 1. The number of carbonyl (C=O) groups excluding carboxylic acids is 4. The first-order valence-corrected chi connectivity index (χ1v) is 9.51. The molecule has 1 aliphatic heterocycles. The molecule has 3 aromatic rings. The Hall–Kier alpha value is -4.66. The van der Waals surface area contributed by atoms with E-state index in [0.717, 1.165) is 11.1 Å². The van der Waals surface area contributed by atoms with Crippen LogP contribution in [0.5, 0.6) is 0 Å². The number of carbonyl (C=O) groups is 4. The lowest BCUT2D eigenvalue weighted by molar-refractivity contribution is -0.384. The van der Waals surface area contributed by atoms with Gasteiger partial charge in [0.25, 0.3) is 23.4 Å². The van der Waals surface area contributed by atoms with Crippen LogP contribution in [-0.4, -0.2) is 45.0 Å². The Kier molecular flexibility index (Phi) is 5.30. The maximum atomic E-state index is 13.3. The summed E-state index contributed by atoms with van der Waals surface area (Å²) in [7, 11) is 0. The zero-order valence-corrected chi connectivity index (χ0v) is 16.5. The summed E-state index contributed by atoms with van der Waals surface area (Å²) >= 11 is 0. The monoisotopic (exact) mass is 429 g/mol. The number of amides is 3. The van der Waals surface area contributed by atoms with Crippen molar-refractivity contribution < 1.29 is 24.1 Å². The van der Waals surface area contributed by atoms with Crippen molar-refractivity contribution in [2.24, 2.45) is 0 Å². The van der Waals surface area contributed by atoms with Crippen LogP contribution in [0.4, 0.5) is 5.69 Å². The van der Waals surface area contributed by atoms with Crippen molar-refractivity contribution in [2.45, 2.75) is 0 Å². The van der Waals surface area contributed by atoms with E-state index in [0.29, 0.717) is 5.01 Å². The normalized spacial score (nSPS) is 12.4. The lowest BCUT2D eigenvalue weighted by Crippen LogP contribution is -2.51. The van der Waals surface area contributed by atoms with Gasteiger partial charge in [-0.25, -0.2) is 5.01 Å². The molecule has 3 aromatic carbocycles. The number of hydrogen-bond acceptors (Lipinski definition) is 6. The molecule has 0 unspecified atom stereocenters. The van der Waals surface area contributed by atoms with E-state index in [2.05, 4.69) is 0 Å². The Morgan fingerprint density at radius 2 is 1.38 bits per heavy atom. The van der Waals surface area contributed by atoms with Gasteiger partial charge in [0.2, 0.25) is 0 Å². The van der Waals surface area contributed by atoms with Gasteiger partial charge in [-0.2, -0.15) is 5.01 Å². The largest absolute Gasteiger partial charge is 0.292 e. The van der Waals surface area contributed by atoms with Crippen molar-refractivity contribution >= 4 is 29.2 Å². The van der Waals surface area contributed by atoms with Crippen molar-refractivity contribution in [3.8, 4) is 0 Å². The molecule has 3 amide bonds. The number of rotatable bonds is 6. The predicted molar refractivity (Wildman–Crippen MR) is 112 cm³/mol. The van der Waals surface area contributed by atoms with Gasteiger partial charge in [-0.05, 0) is 18.2 Å². The van der Waals surface area contributed by atoms with Crippen LogP contribution in [0.3, 0.4) is 0 Å². The molecular formula is C23H15N3O6. The fraction of sp³-hybridized carbons (Fsp3) is 0.0435. The molecular weight excluding hydrogens is 414 g/mol. The van der Waals surface area contributed by atoms with Crippen LogP contribution in [-0.2, 0) is 0 Å². The smallest absolute Gasteiger partial charge is 0.280 e. The maximum absolute atomic E-state index is 13.3. The Morgan fingerprint density at radius 3 is 1.97 bits per heavy atom. The van der Waals surface area contributed by atoms with E-state index in [1.807, 2.05) is 0 Å². The van der Waals surface area contributed by atoms with Gasteiger partial charge in [0.1, 0.15) is 6.54 Å². The lowest BCUT2D eigenvalue weighted by atomic mass is 10.1. The molecule has 32 heavy (non-hydrogen) atoms. The van der Waals surface area contributed by atoms with Gasteiger partial charge in [0.05, 0.1) is 16.1 Å². The molecule has 0 aromatic heterocycles. The molecule has 1 aliphatic rings. The highest BCUT2D eigenvalue weighted by Crippen LogP contribution is 2.26. The molecule has 0 spiro atoms. The maximum Gasteiger partial charge on any atom is 0.280 e. The van der Waals surface area contributed by atoms with Crippen LogP contribution in [0.15, 0.2) is 78.9 Å². The average molecular weight is 429 g/mol. The zero-order chi connectivity index (χ0) is 22.8. The van der Waals surface area contributed by atoms with Crippen LogP contribution in [0.1, 0.15) is 41.4 Å². The van der Waals surface area contributed by atoms with Crippen LogP contribution >= 0.6 is 0 Å². The first kappa shape index (κ1) is 20.6. The fourth-order valence-corrected chi connectivity index (χ4v) is 3.38. The zero-order valence-electron chi connectivity index (χ0n) is 16.5. The van der Waals surface area contributed by atoms with Crippen LogP contribution in [0.2, 0.25) is 0 Å². The number of nitro benzene ring substituents is 1. The summed E-state index contributed by atoms with van der Waals surface area (Å²) in [4.78, 5) is 62.6. The van der Waals surface area contributed by atoms with E-state index in [1.54, 1.807) is 42.5 Å². The molecule has 9 heteroatoms. The number of Topliss-reactive ketones (excluding diaryl/α,β-unsaturated/α-hetero) is 1. The summed E-state index contributed by atoms with van der Waals surface area (Å²) in [6.07, 6.45) is 0.